The lowest BCUT2D eigenvalue weighted by atomic mass is 10.3. The average molecular weight is 391 g/mol. The molecule has 1 rings (SSSR count). The normalized spacial score (nSPS) is 11.7. The number of halogens is 5. The second-order valence-electron chi connectivity index (χ2n) is 4.14. The van der Waals surface area contributed by atoms with Crippen LogP contribution in [-0.2, 0) is 4.79 Å². The van der Waals surface area contributed by atoms with E-state index in [4.69, 9.17) is 21.4 Å². The molecule has 0 saturated carbocycles. The predicted octanol–water partition coefficient (Wildman–Crippen LogP) is 3.43. The zero-order valence-corrected chi connectivity index (χ0v) is 13.0. The molecule has 118 valence electrons. The third-order valence-electron chi connectivity index (χ3n) is 2.32. The fourth-order valence-electron chi connectivity index (χ4n) is 1.54. The van der Waals surface area contributed by atoms with Gasteiger partial charge < -0.3 is 9.84 Å². The molecular weight excluding hydrogens is 378 g/mol. The SMILES string of the molecule is O=C(O)CN(CCOc1ccc(Cl)cc1Br)CC(F)(F)F. The van der Waals surface area contributed by atoms with Gasteiger partial charge in [-0.1, -0.05) is 11.6 Å². The molecule has 0 fully saturated rings. The van der Waals surface area contributed by atoms with Crippen LogP contribution in [0, 0.1) is 0 Å². The molecule has 0 radical (unpaired) electrons. The summed E-state index contributed by atoms with van der Waals surface area (Å²) in [5.74, 6) is -0.909. The molecule has 0 atom stereocenters. The summed E-state index contributed by atoms with van der Waals surface area (Å²) in [5.41, 5.74) is 0. The standard InChI is InChI=1S/C12H12BrClF3NO3/c13-9-5-8(14)1-2-10(9)21-4-3-18(6-11(19)20)7-12(15,16)17/h1-2,5H,3-4,6-7H2,(H,19,20). The first-order chi connectivity index (χ1) is 9.67. The van der Waals surface area contributed by atoms with Crippen LogP contribution in [0.3, 0.4) is 0 Å². The molecule has 1 aromatic carbocycles. The van der Waals surface area contributed by atoms with Crippen molar-refractivity contribution in [3.8, 4) is 5.75 Å². The zero-order valence-electron chi connectivity index (χ0n) is 10.7. The lowest BCUT2D eigenvalue weighted by Crippen LogP contribution is -2.40. The van der Waals surface area contributed by atoms with Gasteiger partial charge in [0.15, 0.2) is 0 Å². The van der Waals surface area contributed by atoms with Crippen molar-refractivity contribution in [1.82, 2.24) is 4.90 Å². The molecule has 0 saturated heterocycles. The second kappa shape index (κ2) is 7.86. The molecule has 0 unspecified atom stereocenters. The van der Waals surface area contributed by atoms with Crippen LogP contribution in [0.4, 0.5) is 13.2 Å². The Balaban J connectivity index is 2.54. The van der Waals surface area contributed by atoms with E-state index in [1.165, 1.54) is 0 Å². The lowest BCUT2D eigenvalue weighted by molar-refractivity contribution is -0.154. The summed E-state index contributed by atoms with van der Waals surface area (Å²) in [4.78, 5) is 11.3. The Morgan fingerprint density at radius 1 is 1.43 bits per heavy atom. The van der Waals surface area contributed by atoms with Crippen molar-refractivity contribution in [2.75, 3.05) is 26.2 Å². The Labute approximate surface area is 132 Å². The number of benzene rings is 1. The highest BCUT2D eigenvalue weighted by atomic mass is 79.9. The van der Waals surface area contributed by atoms with Crippen molar-refractivity contribution in [2.45, 2.75) is 6.18 Å². The van der Waals surface area contributed by atoms with Gasteiger partial charge in [-0.2, -0.15) is 13.2 Å². The maximum absolute atomic E-state index is 12.3. The van der Waals surface area contributed by atoms with Crippen LogP contribution in [0.5, 0.6) is 5.75 Å². The van der Waals surface area contributed by atoms with E-state index in [1.807, 2.05) is 0 Å². The summed E-state index contributed by atoms with van der Waals surface area (Å²) in [6.45, 7) is -2.25. The van der Waals surface area contributed by atoms with Crippen LogP contribution in [0.1, 0.15) is 0 Å². The molecule has 0 aliphatic carbocycles. The van der Waals surface area contributed by atoms with Gasteiger partial charge in [0.1, 0.15) is 12.4 Å². The van der Waals surface area contributed by atoms with Gasteiger partial charge in [0, 0.05) is 11.6 Å². The number of nitrogens with zero attached hydrogens (tertiary/aromatic N) is 1. The minimum Gasteiger partial charge on any atom is -0.491 e. The van der Waals surface area contributed by atoms with Crippen molar-refractivity contribution in [3.63, 3.8) is 0 Å². The minimum absolute atomic E-state index is 0.0798. The molecule has 4 nitrogen and oxygen atoms in total. The summed E-state index contributed by atoms with van der Waals surface area (Å²) in [7, 11) is 0. The van der Waals surface area contributed by atoms with E-state index in [9.17, 15) is 18.0 Å². The van der Waals surface area contributed by atoms with Crippen LogP contribution < -0.4 is 4.74 Å². The van der Waals surface area contributed by atoms with Gasteiger partial charge >= 0.3 is 12.1 Å². The molecule has 1 N–H and O–H groups in total. The molecule has 0 aliphatic rings. The number of alkyl halides is 3. The highest BCUT2D eigenvalue weighted by Crippen LogP contribution is 2.28. The van der Waals surface area contributed by atoms with Gasteiger partial charge in [0.05, 0.1) is 17.6 Å². The number of carbonyl (C=O) groups is 1. The van der Waals surface area contributed by atoms with Crippen LogP contribution in [0.25, 0.3) is 0 Å². The summed E-state index contributed by atoms with van der Waals surface area (Å²) in [5, 5.41) is 9.08. The smallest absolute Gasteiger partial charge is 0.401 e. The number of hydrogen-bond acceptors (Lipinski definition) is 3. The van der Waals surface area contributed by atoms with Gasteiger partial charge in [0.2, 0.25) is 0 Å². The second-order valence-corrected chi connectivity index (χ2v) is 5.43. The van der Waals surface area contributed by atoms with Crippen LogP contribution in [-0.4, -0.2) is 48.4 Å². The van der Waals surface area contributed by atoms with Crippen LogP contribution >= 0.6 is 27.5 Å². The van der Waals surface area contributed by atoms with E-state index in [-0.39, 0.29) is 13.2 Å². The van der Waals surface area contributed by atoms with Gasteiger partial charge in [-0.15, -0.1) is 0 Å². The van der Waals surface area contributed by atoms with Crippen molar-refractivity contribution in [3.05, 3.63) is 27.7 Å². The molecule has 9 heteroatoms. The molecule has 0 aromatic heterocycles. The molecule has 0 spiro atoms. The Morgan fingerprint density at radius 3 is 2.62 bits per heavy atom. The van der Waals surface area contributed by atoms with Crippen LogP contribution in [0.2, 0.25) is 5.02 Å². The summed E-state index contributed by atoms with van der Waals surface area (Å²) >= 11 is 8.95. The van der Waals surface area contributed by atoms with Gasteiger partial charge in [-0.3, -0.25) is 9.69 Å². The predicted molar refractivity (Wildman–Crippen MR) is 74.8 cm³/mol. The van der Waals surface area contributed by atoms with E-state index < -0.39 is 25.2 Å². The highest BCUT2D eigenvalue weighted by molar-refractivity contribution is 9.10. The van der Waals surface area contributed by atoms with Crippen molar-refractivity contribution >= 4 is 33.5 Å². The third kappa shape index (κ3) is 7.54. The molecular formula is C12H12BrClF3NO3. The Bertz CT molecular complexity index is 499. The molecule has 0 amide bonds. The number of aliphatic carboxylic acids is 1. The van der Waals surface area contributed by atoms with Crippen LogP contribution in [0.15, 0.2) is 22.7 Å². The number of rotatable bonds is 7. The monoisotopic (exact) mass is 389 g/mol. The Morgan fingerprint density at radius 2 is 2.10 bits per heavy atom. The fraction of sp³-hybridized carbons (Fsp3) is 0.417. The summed E-state index contributed by atoms with van der Waals surface area (Å²) in [6.07, 6.45) is -4.46. The van der Waals surface area contributed by atoms with E-state index in [2.05, 4.69) is 15.9 Å². The van der Waals surface area contributed by atoms with E-state index >= 15 is 0 Å². The van der Waals surface area contributed by atoms with Gasteiger partial charge in [-0.25, -0.2) is 0 Å². The first-order valence-electron chi connectivity index (χ1n) is 5.76. The number of carboxylic acids is 1. The van der Waals surface area contributed by atoms with Crippen molar-refractivity contribution in [2.24, 2.45) is 0 Å². The minimum atomic E-state index is -4.46. The quantitative estimate of drug-likeness (QED) is 0.775. The van der Waals surface area contributed by atoms with Crippen molar-refractivity contribution < 1.29 is 27.8 Å². The van der Waals surface area contributed by atoms with E-state index in [0.29, 0.717) is 15.2 Å². The van der Waals surface area contributed by atoms with Gasteiger partial charge in [0.25, 0.3) is 0 Å². The Kier molecular flexibility index (Phi) is 6.76. The maximum Gasteiger partial charge on any atom is 0.401 e. The average Bonchev–Trinajstić information content (AvgIpc) is 2.28. The topological polar surface area (TPSA) is 49.8 Å². The molecule has 0 bridgehead atoms. The van der Waals surface area contributed by atoms with E-state index in [1.54, 1.807) is 18.2 Å². The number of ether oxygens (including phenoxy) is 1. The summed E-state index contributed by atoms with van der Waals surface area (Å²) in [6, 6.07) is 4.73. The highest BCUT2D eigenvalue weighted by Gasteiger charge is 2.31. The fourth-order valence-corrected chi connectivity index (χ4v) is 2.33. The maximum atomic E-state index is 12.3. The number of hydrogen-bond donors (Lipinski definition) is 1. The molecule has 0 aliphatic heterocycles. The first kappa shape index (κ1) is 18.1. The molecule has 1 aromatic rings. The third-order valence-corrected chi connectivity index (χ3v) is 3.18. The van der Waals surface area contributed by atoms with E-state index in [0.717, 1.165) is 4.90 Å². The largest absolute Gasteiger partial charge is 0.491 e. The summed E-state index contributed by atoms with van der Waals surface area (Å²) < 4.78 is 42.8. The lowest BCUT2D eigenvalue weighted by Gasteiger charge is -2.21. The first-order valence-corrected chi connectivity index (χ1v) is 6.93. The number of carboxylic acid groups (broad SMARTS) is 1. The molecule has 0 heterocycles. The van der Waals surface area contributed by atoms with Gasteiger partial charge in [-0.05, 0) is 34.1 Å². The molecule has 21 heavy (non-hydrogen) atoms. The Hall–Kier alpha value is -0.990. The van der Waals surface area contributed by atoms with Crippen molar-refractivity contribution in [1.29, 1.82) is 0 Å². The zero-order chi connectivity index (χ0) is 16.0.